The number of aromatic nitrogens is 1. The molecule has 16 heavy (non-hydrogen) atoms. The fraction of sp³-hybridized carbons (Fsp3) is 0.500. The molecule has 6 heteroatoms. The van der Waals surface area contributed by atoms with Gasteiger partial charge in [0.05, 0.1) is 11.1 Å². The maximum atomic E-state index is 11.5. The molecule has 1 heterocycles. The Morgan fingerprint density at radius 3 is 2.62 bits per heavy atom. The number of nitro groups is 1. The first kappa shape index (κ1) is 12.4. The third-order valence-corrected chi connectivity index (χ3v) is 2.29. The number of nitrogens with zero attached hydrogens (tertiary/aromatic N) is 3. The van der Waals surface area contributed by atoms with E-state index < -0.39 is 4.92 Å². The molecule has 0 saturated carbocycles. The molecular formula is C10H15N3O3. The van der Waals surface area contributed by atoms with Crippen LogP contribution >= 0.6 is 0 Å². The van der Waals surface area contributed by atoms with Crippen molar-refractivity contribution in [3.05, 3.63) is 38.3 Å². The zero-order chi connectivity index (χ0) is 12.3. The van der Waals surface area contributed by atoms with E-state index in [1.807, 2.05) is 19.0 Å². The summed E-state index contributed by atoms with van der Waals surface area (Å²) in [6.45, 7) is 2.68. The van der Waals surface area contributed by atoms with Crippen molar-refractivity contribution in [1.29, 1.82) is 0 Å². The number of hydrogen-bond acceptors (Lipinski definition) is 4. The van der Waals surface area contributed by atoms with E-state index in [9.17, 15) is 14.9 Å². The van der Waals surface area contributed by atoms with E-state index in [1.54, 1.807) is 6.92 Å². The van der Waals surface area contributed by atoms with Gasteiger partial charge in [-0.1, -0.05) is 0 Å². The summed E-state index contributed by atoms with van der Waals surface area (Å²) in [5, 5.41) is 10.7. The van der Waals surface area contributed by atoms with Gasteiger partial charge in [0.25, 0.3) is 11.2 Å². The van der Waals surface area contributed by atoms with Crippen LogP contribution in [0.2, 0.25) is 0 Å². The Labute approximate surface area is 93.3 Å². The maximum absolute atomic E-state index is 11.5. The number of aryl methyl sites for hydroxylation is 1. The van der Waals surface area contributed by atoms with E-state index in [2.05, 4.69) is 0 Å². The monoisotopic (exact) mass is 225 g/mol. The molecule has 0 aliphatic carbocycles. The van der Waals surface area contributed by atoms with Gasteiger partial charge in [-0.2, -0.15) is 0 Å². The zero-order valence-electron chi connectivity index (χ0n) is 9.64. The van der Waals surface area contributed by atoms with Crippen LogP contribution in [0.4, 0.5) is 5.69 Å². The lowest BCUT2D eigenvalue weighted by Gasteiger charge is -2.11. The summed E-state index contributed by atoms with van der Waals surface area (Å²) in [4.78, 5) is 23.7. The highest BCUT2D eigenvalue weighted by Crippen LogP contribution is 2.13. The van der Waals surface area contributed by atoms with Gasteiger partial charge in [-0.15, -0.1) is 0 Å². The Bertz CT molecular complexity index is 451. The Kier molecular flexibility index (Phi) is 3.78. The topological polar surface area (TPSA) is 68.4 Å². The Balaban J connectivity index is 3.05. The van der Waals surface area contributed by atoms with Crippen molar-refractivity contribution in [2.24, 2.45) is 0 Å². The van der Waals surface area contributed by atoms with E-state index in [1.165, 1.54) is 16.8 Å². The molecule has 0 aliphatic rings. The van der Waals surface area contributed by atoms with E-state index in [0.29, 0.717) is 18.7 Å². The molecule has 6 nitrogen and oxygen atoms in total. The van der Waals surface area contributed by atoms with Gasteiger partial charge in [-0.05, 0) is 21.0 Å². The summed E-state index contributed by atoms with van der Waals surface area (Å²) in [6.07, 6.45) is 1.31. The van der Waals surface area contributed by atoms with Gasteiger partial charge in [-0.3, -0.25) is 14.9 Å². The van der Waals surface area contributed by atoms with Gasteiger partial charge in [0.1, 0.15) is 0 Å². The molecule has 0 aromatic carbocycles. The molecule has 1 rings (SSSR count). The van der Waals surface area contributed by atoms with Gasteiger partial charge < -0.3 is 9.47 Å². The fourth-order valence-corrected chi connectivity index (χ4v) is 1.33. The summed E-state index contributed by atoms with van der Waals surface area (Å²) in [5.74, 6) is 0. The Hall–Kier alpha value is -1.69. The van der Waals surface area contributed by atoms with Crippen LogP contribution in [0.3, 0.4) is 0 Å². The largest absolute Gasteiger partial charge is 0.308 e. The molecule has 0 spiro atoms. The fourth-order valence-electron chi connectivity index (χ4n) is 1.33. The molecule has 0 N–H and O–H groups in total. The van der Waals surface area contributed by atoms with Crippen LogP contribution in [0.25, 0.3) is 0 Å². The molecule has 0 atom stereocenters. The van der Waals surface area contributed by atoms with Gasteiger partial charge in [-0.25, -0.2) is 0 Å². The lowest BCUT2D eigenvalue weighted by molar-refractivity contribution is -0.385. The maximum Gasteiger partial charge on any atom is 0.288 e. The highest BCUT2D eigenvalue weighted by atomic mass is 16.6. The number of hydrogen-bond donors (Lipinski definition) is 0. The van der Waals surface area contributed by atoms with Crippen molar-refractivity contribution in [3.8, 4) is 0 Å². The van der Waals surface area contributed by atoms with Gasteiger partial charge in [0, 0.05) is 24.7 Å². The van der Waals surface area contributed by atoms with Crippen LogP contribution in [0.5, 0.6) is 0 Å². The average molecular weight is 225 g/mol. The minimum Gasteiger partial charge on any atom is -0.308 e. The lowest BCUT2D eigenvalue weighted by atomic mass is 10.2. The van der Waals surface area contributed by atoms with Crippen molar-refractivity contribution in [3.63, 3.8) is 0 Å². The van der Waals surface area contributed by atoms with Crippen molar-refractivity contribution in [2.45, 2.75) is 13.5 Å². The quantitative estimate of drug-likeness (QED) is 0.556. The van der Waals surface area contributed by atoms with Crippen LogP contribution in [0, 0.1) is 17.0 Å². The predicted octanol–water partition coefficient (Wildman–Crippen LogP) is 0.627. The molecule has 0 aliphatic heterocycles. The zero-order valence-corrected chi connectivity index (χ0v) is 9.64. The summed E-state index contributed by atoms with van der Waals surface area (Å²) < 4.78 is 1.37. The van der Waals surface area contributed by atoms with E-state index >= 15 is 0 Å². The first-order valence-electron chi connectivity index (χ1n) is 4.92. The summed E-state index contributed by atoms with van der Waals surface area (Å²) >= 11 is 0. The van der Waals surface area contributed by atoms with Gasteiger partial charge >= 0.3 is 0 Å². The molecular weight excluding hydrogens is 210 g/mol. The molecule has 0 unspecified atom stereocenters. The number of likely N-dealkylation sites (N-methyl/N-ethyl adjacent to an activating group) is 1. The molecule has 0 amide bonds. The summed E-state index contributed by atoms with van der Waals surface area (Å²) in [7, 11) is 3.77. The molecule has 1 aromatic rings. The van der Waals surface area contributed by atoms with Crippen molar-refractivity contribution >= 4 is 5.69 Å². The van der Waals surface area contributed by atoms with Crippen LogP contribution in [-0.2, 0) is 6.54 Å². The van der Waals surface area contributed by atoms with Crippen LogP contribution in [-0.4, -0.2) is 35.0 Å². The van der Waals surface area contributed by atoms with Gasteiger partial charge in [0.15, 0.2) is 0 Å². The molecule has 0 fully saturated rings. The van der Waals surface area contributed by atoms with Crippen molar-refractivity contribution in [2.75, 3.05) is 20.6 Å². The minimum atomic E-state index is -0.471. The third kappa shape index (κ3) is 2.90. The van der Waals surface area contributed by atoms with Crippen LogP contribution in [0.1, 0.15) is 5.56 Å². The van der Waals surface area contributed by atoms with Gasteiger partial charge in [0.2, 0.25) is 0 Å². The summed E-state index contributed by atoms with van der Waals surface area (Å²) in [6, 6.07) is 1.30. The molecule has 1 aromatic heterocycles. The smallest absolute Gasteiger partial charge is 0.288 e. The first-order chi connectivity index (χ1) is 7.41. The average Bonchev–Trinajstić information content (AvgIpc) is 2.15. The molecule has 0 saturated heterocycles. The highest BCUT2D eigenvalue weighted by molar-refractivity contribution is 5.35. The second-order valence-electron chi connectivity index (χ2n) is 3.93. The molecule has 0 bridgehead atoms. The number of pyridine rings is 1. The summed E-state index contributed by atoms with van der Waals surface area (Å²) in [5.41, 5.74) is 0.180. The van der Waals surface area contributed by atoms with Crippen molar-refractivity contribution in [1.82, 2.24) is 9.47 Å². The van der Waals surface area contributed by atoms with Crippen LogP contribution in [0.15, 0.2) is 17.1 Å². The molecule has 88 valence electrons. The second-order valence-corrected chi connectivity index (χ2v) is 3.93. The minimum absolute atomic E-state index is 0.0154. The first-order valence-corrected chi connectivity index (χ1v) is 4.92. The van der Waals surface area contributed by atoms with E-state index in [0.717, 1.165) is 0 Å². The van der Waals surface area contributed by atoms with Crippen molar-refractivity contribution < 1.29 is 4.92 Å². The standard InChI is InChI=1S/C10H15N3O3/c1-8-6-10(14)12(5-4-11(2)3)7-9(8)13(15)16/h6-7H,4-5H2,1-3H3. The normalized spacial score (nSPS) is 10.8. The predicted molar refractivity (Wildman–Crippen MR) is 60.6 cm³/mol. The van der Waals surface area contributed by atoms with E-state index in [-0.39, 0.29) is 11.2 Å². The Morgan fingerprint density at radius 1 is 1.50 bits per heavy atom. The van der Waals surface area contributed by atoms with Crippen LogP contribution < -0.4 is 5.56 Å². The SMILES string of the molecule is Cc1cc(=O)n(CCN(C)C)cc1[N+](=O)[O-]. The number of rotatable bonds is 4. The van der Waals surface area contributed by atoms with E-state index in [4.69, 9.17) is 0 Å². The lowest BCUT2D eigenvalue weighted by Crippen LogP contribution is -2.26. The highest BCUT2D eigenvalue weighted by Gasteiger charge is 2.12. The Morgan fingerprint density at radius 2 is 2.12 bits per heavy atom. The third-order valence-electron chi connectivity index (χ3n) is 2.29. The molecule has 0 radical (unpaired) electrons. The second kappa shape index (κ2) is 4.89.